The van der Waals surface area contributed by atoms with Crippen LogP contribution in [-0.2, 0) is 4.79 Å². The smallest absolute Gasteiger partial charge is 0.186 e. The van der Waals surface area contributed by atoms with Gasteiger partial charge in [-0.05, 0) is 0 Å². The molecule has 0 radical (unpaired) electrons. The first-order valence-electron chi connectivity index (χ1n) is 8.61. The lowest BCUT2D eigenvalue weighted by Crippen LogP contribution is -2.12. The van der Waals surface area contributed by atoms with E-state index in [4.69, 9.17) is 0 Å². The Morgan fingerprint density at radius 2 is 1.81 bits per heavy atom. The van der Waals surface area contributed by atoms with Crippen LogP contribution in [0, 0.1) is 11.3 Å². The second-order valence-electron chi connectivity index (χ2n) is 4.43. The highest BCUT2D eigenvalue weighted by Crippen LogP contribution is 2.28. The number of benzene rings is 1. The molecule has 0 aliphatic rings. The third kappa shape index (κ3) is 6.27. The molecule has 0 amide bonds. The molecule has 2 rings (SSSR count). The number of thiazole rings is 1. The minimum absolute atomic E-state index is 0.314. The monoisotopic (exact) mass is 366 g/mol. The van der Waals surface area contributed by atoms with E-state index in [1.54, 1.807) is 6.08 Å². The van der Waals surface area contributed by atoms with Gasteiger partial charge in [0.2, 0.25) is 0 Å². The van der Waals surface area contributed by atoms with Crippen LogP contribution in [0.4, 0.5) is 0 Å². The van der Waals surface area contributed by atoms with Gasteiger partial charge in [-0.1, -0.05) is 89.4 Å². The second kappa shape index (κ2) is 13.5. The normalized spacial score (nSPS) is 10.8. The van der Waals surface area contributed by atoms with E-state index < -0.39 is 5.92 Å². The molecule has 1 aromatic heterocycles. The van der Waals surface area contributed by atoms with Gasteiger partial charge in [0.1, 0.15) is 5.01 Å². The standard InChI is InChI=1S/C18H14N2OS.2C2H6/c1-3-8-13(4-2)17(21)15(11-19)18-20-16(12-22-18)14-9-6-5-7-10-14;2*1-2/h3-10,12,15H,1-2H2;2*1-2H3/b13-8+;;. The molecule has 0 spiro atoms. The van der Waals surface area contributed by atoms with Gasteiger partial charge in [0.15, 0.2) is 11.7 Å². The number of hydrogen-bond acceptors (Lipinski definition) is 4. The summed E-state index contributed by atoms with van der Waals surface area (Å²) in [7, 11) is 0. The van der Waals surface area contributed by atoms with Crippen LogP contribution < -0.4 is 0 Å². The van der Waals surface area contributed by atoms with Gasteiger partial charge >= 0.3 is 0 Å². The fourth-order valence-electron chi connectivity index (χ4n) is 1.93. The van der Waals surface area contributed by atoms with Crippen LogP contribution in [0.3, 0.4) is 0 Å². The molecule has 0 bridgehead atoms. The van der Waals surface area contributed by atoms with Crippen LogP contribution in [0.25, 0.3) is 11.3 Å². The Morgan fingerprint density at radius 1 is 1.19 bits per heavy atom. The number of nitriles is 1. The average molecular weight is 367 g/mol. The number of hydrogen-bond donors (Lipinski definition) is 0. The van der Waals surface area contributed by atoms with Crippen molar-refractivity contribution < 1.29 is 4.79 Å². The van der Waals surface area contributed by atoms with E-state index in [9.17, 15) is 10.1 Å². The highest BCUT2D eigenvalue weighted by molar-refractivity contribution is 7.10. The predicted octanol–water partition coefficient (Wildman–Crippen LogP) is 6.34. The summed E-state index contributed by atoms with van der Waals surface area (Å²) in [5, 5.41) is 11.7. The third-order valence-electron chi connectivity index (χ3n) is 3.03. The maximum atomic E-state index is 12.4. The number of rotatable bonds is 6. The van der Waals surface area contributed by atoms with E-state index in [2.05, 4.69) is 18.1 Å². The van der Waals surface area contributed by atoms with Gasteiger partial charge in [0.05, 0.1) is 11.8 Å². The zero-order valence-corrected chi connectivity index (χ0v) is 16.7. The van der Waals surface area contributed by atoms with Crippen molar-refractivity contribution in [3.63, 3.8) is 0 Å². The highest BCUT2D eigenvalue weighted by atomic mass is 32.1. The first-order chi connectivity index (χ1) is 12.7. The Morgan fingerprint density at radius 3 is 2.31 bits per heavy atom. The number of carbonyl (C=O) groups is 1. The van der Waals surface area contributed by atoms with E-state index in [-0.39, 0.29) is 5.78 Å². The number of carbonyl (C=O) groups excluding carboxylic acids is 1. The molecule has 0 saturated carbocycles. The summed E-state index contributed by atoms with van der Waals surface area (Å²) in [4.78, 5) is 16.8. The van der Waals surface area contributed by atoms with Gasteiger partial charge in [0, 0.05) is 16.5 Å². The van der Waals surface area contributed by atoms with Crippen molar-refractivity contribution in [2.45, 2.75) is 33.6 Å². The van der Waals surface area contributed by atoms with E-state index >= 15 is 0 Å². The second-order valence-corrected chi connectivity index (χ2v) is 5.31. The number of ketones is 1. The topological polar surface area (TPSA) is 53.8 Å². The van der Waals surface area contributed by atoms with E-state index in [1.165, 1.54) is 23.5 Å². The summed E-state index contributed by atoms with van der Waals surface area (Å²) in [6.07, 6.45) is 4.48. The third-order valence-corrected chi connectivity index (χ3v) is 3.94. The van der Waals surface area contributed by atoms with Gasteiger partial charge in [-0.25, -0.2) is 4.98 Å². The molecule has 3 nitrogen and oxygen atoms in total. The quantitative estimate of drug-likeness (QED) is 0.443. The molecule has 0 aliphatic heterocycles. The lowest BCUT2D eigenvalue weighted by molar-refractivity contribution is -0.115. The Bertz CT molecular complexity index is 767. The first-order valence-corrected chi connectivity index (χ1v) is 9.49. The maximum Gasteiger partial charge on any atom is 0.186 e. The summed E-state index contributed by atoms with van der Waals surface area (Å²) >= 11 is 1.31. The molecular formula is C22H26N2OS. The van der Waals surface area contributed by atoms with Crippen molar-refractivity contribution in [2.24, 2.45) is 0 Å². The number of allylic oxidation sites excluding steroid dienone is 4. The van der Waals surface area contributed by atoms with Crippen LogP contribution in [0.15, 0.2) is 72.7 Å². The summed E-state index contributed by atoms with van der Waals surface area (Å²) in [5.74, 6) is -1.24. The highest BCUT2D eigenvalue weighted by Gasteiger charge is 2.25. The first kappa shape index (κ1) is 23.2. The average Bonchev–Trinajstić information content (AvgIpc) is 3.20. The van der Waals surface area contributed by atoms with Crippen LogP contribution in [-0.4, -0.2) is 10.8 Å². The molecule has 136 valence electrons. The summed E-state index contributed by atoms with van der Waals surface area (Å²) in [6, 6.07) is 11.7. The molecule has 0 saturated heterocycles. The van der Waals surface area contributed by atoms with Crippen molar-refractivity contribution in [3.05, 3.63) is 77.7 Å². The Labute approximate surface area is 161 Å². The largest absolute Gasteiger partial charge is 0.292 e. The number of aromatic nitrogens is 1. The summed E-state index contributed by atoms with van der Waals surface area (Å²) in [6.45, 7) is 15.2. The van der Waals surface area contributed by atoms with Crippen molar-refractivity contribution in [1.82, 2.24) is 4.98 Å². The van der Waals surface area contributed by atoms with E-state index in [0.29, 0.717) is 10.6 Å². The molecule has 0 fully saturated rings. The molecule has 2 aromatic rings. The minimum atomic E-state index is -0.924. The van der Waals surface area contributed by atoms with Crippen LogP contribution >= 0.6 is 11.3 Å². The molecule has 1 unspecified atom stereocenters. The van der Waals surface area contributed by atoms with Gasteiger partial charge in [-0.3, -0.25) is 4.79 Å². The predicted molar refractivity (Wildman–Crippen MR) is 112 cm³/mol. The zero-order valence-electron chi connectivity index (χ0n) is 15.9. The number of Topliss-reactive ketones (excluding diaryl/α,β-unsaturated/α-hetero) is 1. The van der Waals surface area contributed by atoms with Crippen molar-refractivity contribution >= 4 is 17.1 Å². The molecule has 26 heavy (non-hydrogen) atoms. The molecule has 0 N–H and O–H groups in total. The van der Waals surface area contributed by atoms with Gasteiger partial charge in [-0.2, -0.15) is 5.26 Å². The van der Waals surface area contributed by atoms with Gasteiger partial charge in [-0.15, -0.1) is 11.3 Å². The van der Waals surface area contributed by atoms with Gasteiger partial charge in [0.25, 0.3) is 0 Å². The Balaban J connectivity index is 0.00000146. The van der Waals surface area contributed by atoms with Crippen molar-refractivity contribution in [2.75, 3.05) is 0 Å². The van der Waals surface area contributed by atoms with Crippen molar-refractivity contribution in [3.8, 4) is 17.3 Å². The van der Waals surface area contributed by atoms with Crippen LogP contribution in [0.1, 0.15) is 38.6 Å². The van der Waals surface area contributed by atoms with Crippen LogP contribution in [0.5, 0.6) is 0 Å². The number of nitrogens with zero attached hydrogens (tertiary/aromatic N) is 2. The Hall–Kier alpha value is -2.77. The fraction of sp³-hybridized carbons (Fsp3) is 0.227. The lowest BCUT2D eigenvalue weighted by atomic mass is 9.99. The van der Waals surface area contributed by atoms with E-state index in [1.807, 2.05) is 69.5 Å². The van der Waals surface area contributed by atoms with Crippen molar-refractivity contribution in [1.29, 1.82) is 5.26 Å². The molecule has 1 aromatic carbocycles. The van der Waals surface area contributed by atoms with Gasteiger partial charge < -0.3 is 0 Å². The molecule has 1 heterocycles. The molecule has 1 atom stereocenters. The molecular weight excluding hydrogens is 340 g/mol. The van der Waals surface area contributed by atoms with Crippen LogP contribution in [0.2, 0.25) is 0 Å². The SMILES string of the molecule is C=C/C=C(\C=C)C(=O)C(C#N)c1nc(-c2ccccc2)cs1.CC.CC. The lowest BCUT2D eigenvalue weighted by Gasteiger charge is -2.05. The molecule has 4 heteroatoms. The van der Waals surface area contributed by atoms with E-state index in [0.717, 1.165) is 11.3 Å². The zero-order chi connectivity index (χ0) is 19.9. The Kier molecular flexibility index (Phi) is 12.1. The molecule has 0 aliphatic carbocycles. The fourth-order valence-corrected chi connectivity index (χ4v) is 2.80. The summed E-state index contributed by atoms with van der Waals surface area (Å²) in [5.41, 5.74) is 2.08. The maximum absolute atomic E-state index is 12.4. The minimum Gasteiger partial charge on any atom is -0.292 e. The summed E-state index contributed by atoms with van der Waals surface area (Å²) < 4.78 is 0.